The fourth-order valence-electron chi connectivity index (χ4n) is 8.98. The summed E-state index contributed by atoms with van der Waals surface area (Å²) in [5.74, 6) is 2.38. The molecule has 17 heteroatoms. The highest BCUT2D eigenvalue weighted by atomic mass is 16.4. The number of hydrogen-bond donors (Lipinski definition) is 4. The van der Waals surface area contributed by atoms with Crippen LogP contribution in [0.4, 0.5) is 34.6 Å². The Labute approximate surface area is 404 Å². The molecule has 2 atom stereocenters. The number of hydrogen-bond acceptors (Lipinski definition) is 13. The Kier molecular flexibility index (Phi) is 13.0. The van der Waals surface area contributed by atoms with Crippen LogP contribution in [0.15, 0.2) is 146 Å². The molecule has 17 nitrogen and oxygen atoms in total. The Morgan fingerprint density at radius 1 is 0.629 bits per heavy atom. The van der Waals surface area contributed by atoms with Gasteiger partial charge in [0.25, 0.3) is 5.91 Å². The third-order valence-corrected chi connectivity index (χ3v) is 12.7. The van der Waals surface area contributed by atoms with Crippen molar-refractivity contribution in [3.8, 4) is 22.5 Å². The lowest BCUT2D eigenvalue weighted by atomic mass is 10.1. The zero-order valence-corrected chi connectivity index (χ0v) is 38.9. The van der Waals surface area contributed by atoms with Crippen molar-refractivity contribution >= 4 is 57.8 Å². The van der Waals surface area contributed by atoms with Crippen LogP contribution in [0.2, 0.25) is 0 Å². The normalized spacial score (nSPS) is 15.5. The fourth-order valence-corrected chi connectivity index (χ4v) is 8.98. The van der Waals surface area contributed by atoms with Gasteiger partial charge in [-0.25, -0.2) is 33.8 Å². The number of carbonyl (C=O) groups is 2. The molecule has 0 saturated carbocycles. The number of carboxylic acids is 1. The van der Waals surface area contributed by atoms with Crippen LogP contribution < -0.4 is 25.8 Å². The highest BCUT2D eigenvalue weighted by Gasteiger charge is 2.23. The van der Waals surface area contributed by atoms with Crippen LogP contribution in [0.5, 0.6) is 0 Å². The Bertz CT molecular complexity index is 3270. The molecule has 9 heterocycles. The number of anilines is 6. The molecule has 0 bridgehead atoms. The lowest BCUT2D eigenvalue weighted by Crippen LogP contribution is -2.27. The molecule has 352 valence electrons. The van der Waals surface area contributed by atoms with Crippen LogP contribution in [0.1, 0.15) is 65.8 Å². The second-order valence-corrected chi connectivity index (χ2v) is 17.5. The largest absolute Gasteiger partial charge is 0.478 e. The summed E-state index contributed by atoms with van der Waals surface area (Å²) in [6.07, 6.45) is 16.0. The number of imidazole rings is 2. The number of nitrogens with zero attached hydrogens (tertiary/aromatic N) is 11. The number of benzene rings is 2. The van der Waals surface area contributed by atoms with Gasteiger partial charge < -0.3 is 30.9 Å². The van der Waals surface area contributed by atoms with Crippen LogP contribution >= 0.6 is 0 Å². The number of carboxylic acid groups (broad SMARTS) is 1. The predicted octanol–water partition coefficient (Wildman–Crippen LogP) is 9.11. The summed E-state index contributed by atoms with van der Waals surface area (Å²) < 4.78 is 3.46. The lowest BCUT2D eigenvalue weighted by Gasteiger charge is -2.23. The van der Waals surface area contributed by atoms with E-state index < -0.39 is 5.97 Å². The first-order chi connectivity index (χ1) is 34.2. The number of pyridine rings is 3. The number of fused-ring (bicyclic) bond motifs is 2. The van der Waals surface area contributed by atoms with E-state index in [9.17, 15) is 9.59 Å². The molecule has 70 heavy (non-hydrogen) atoms. The van der Waals surface area contributed by atoms with Gasteiger partial charge in [-0.2, -0.15) is 10.2 Å². The summed E-state index contributed by atoms with van der Waals surface area (Å²) in [7, 11) is 0. The van der Waals surface area contributed by atoms with E-state index in [4.69, 9.17) is 20.2 Å². The van der Waals surface area contributed by atoms with Gasteiger partial charge in [-0.1, -0.05) is 36.4 Å². The van der Waals surface area contributed by atoms with E-state index in [0.717, 1.165) is 76.5 Å². The third kappa shape index (κ3) is 10.1. The maximum Gasteiger partial charge on any atom is 0.335 e. The Hall–Kier alpha value is -8.73. The molecular formula is C53H52N14O3. The van der Waals surface area contributed by atoms with Crippen molar-refractivity contribution in [1.82, 2.24) is 49.5 Å². The number of rotatable bonds is 13. The zero-order valence-electron chi connectivity index (χ0n) is 38.9. The first-order valence-corrected chi connectivity index (χ1v) is 23.5. The highest BCUT2D eigenvalue weighted by Crippen LogP contribution is 2.31. The van der Waals surface area contributed by atoms with Gasteiger partial charge in [-0.3, -0.25) is 9.78 Å². The number of amides is 1. The summed E-state index contributed by atoms with van der Waals surface area (Å²) in [6, 6.07) is 35.0. The zero-order chi connectivity index (χ0) is 48.0. The summed E-state index contributed by atoms with van der Waals surface area (Å²) in [4.78, 5) is 51.1. The maximum absolute atomic E-state index is 12.7. The van der Waals surface area contributed by atoms with Crippen LogP contribution in [0.3, 0.4) is 0 Å². The molecular weight excluding hydrogens is 881 g/mol. The molecule has 2 aromatic carbocycles. The molecule has 4 N–H and O–H groups in total. The average molecular weight is 933 g/mol. The highest BCUT2D eigenvalue weighted by molar-refractivity contribution is 5.94. The first kappa shape index (κ1) is 45.1. The van der Waals surface area contributed by atoms with Crippen molar-refractivity contribution in [2.45, 2.75) is 58.0 Å². The topological polar surface area (TPSA) is 196 Å². The molecule has 2 saturated heterocycles. The van der Waals surface area contributed by atoms with E-state index in [1.807, 2.05) is 85.1 Å². The molecule has 11 rings (SSSR count). The second kappa shape index (κ2) is 20.2. The van der Waals surface area contributed by atoms with Crippen molar-refractivity contribution in [2.75, 3.05) is 40.1 Å². The van der Waals surface area contributed by atoms with Crippen LogP contribution in [-0.4, -0.2) is 92.8 Å². The van der Waals surface area contributed by atoms with Crippen molar-refractivity contribution in [1.29, 1.82) is 0 Å². The molecule has 0 aliphatic carbocycles. The minimum Gasteiger partial charge on any atom is -0.478 e. The number of nitrogens with one attached hydrogen (secondary N) is 3. The average Bonchev–Trinajstić information content (AvgIpc) is 4.24. The van der Waals surface area contributed by atoms with Gasteiger partial charge in [-0.05, 0) is 124 Å². The lowest BCUT2D eigenvalue weighted by molar-refractivity contribution is 0.0696. The Morgan fingerprint density at radius 2 is 1.13 bits per heavy atom. The van der Waals surface area contributed by atoms with Gasteiger partial charge in [0.2, 0.25) is 0 Å². The Balaban J connectivity index is 0.000000166. The molecule has 1 amide bonds. The predicted molar refractivity (Wildman–Crippen MR) is 271 cm³/mol. The van der Waals surface area contributed by atoms with Crippen molar-refractivity contribution in [3.05, 3.63) is 163 Å². The molecule has 0 spiro atoms. The minimum atomic E-state index is -0.954. The quantitative estimate of drug-likeness (QED) is 0.0854. The van der Waals surface area contributed by atoms with Crippen LogP contribution in [0, 0.1) is 0 Å². The molecule has 2 aliphatic heterocycles. The maximum atomic E-state index is 12.7. The molecule has 2 aliphatic rings. The van der Waals surface area contributed by atoms with Gasteiger partial charge >= 0.3 is 5.97 Å². The van der Waals surface area contributed by atoms with Crippen molar-refractivity contribution in [3.63, 3.8) is 0 Å². The molecule has 9 aromatic rings. The fraction of sp³-hybridized carbons (Fsp3) is 0.226. The van der Waals surface area contributed by atoms with E-state index >= 15 is 0 Å². The van der Waals surface area contributed by atoms with Gasteiger partial charge in [0.1, 0.15) is 23.3 Å². The SMILES string of the molecule is CC1CCCN1c1cccc(Nc2cc(-c3ccc(C(=O)NCCc4ccncc4)cc3)nn3ccnc23)n1.CC1CCCN1c1cccc(Nc2cc(-c3ccc(C(=O)O)cc3)nn3ccnc23)n1. The van der Waals surface area contributed by atoms with Gasteiger partial charge in [0, 0.05) is 85.6 Å². The van der Waals surface area contributed by atoms with E-state index in [1.54, 1.807) is 64.3 Å². The van der Waals surface area contributed by atoms with E-state index in [0.29, 0.717) is 41.2 Å². The first-order valence-electron chi connectivity index (χ1n) is 23.5. The third-order valence-electron chi connectivity index (χ3n) is 12.7. The van der Waals surface area contributed by atoms with Crippen LogP contribution in [-0.2, 0) is 6.42 Å². The second-order valence-electron chi connectivity index (χ2n) is 17.5. The summed E-state index contributed by atoms with van der Waals surface area (Å²) in [5, 5.41) is 28.3. The van der Waals surface area contributed by atoms with Gasteiger partial charge in [0.15, 0.2) is 11.3 Å². The molecule has 7 aromatic heterocycles. The van der Waals surface area contributed by atoms with E-state index in [1.165, 1.54) is 25.7 Å². The molecule has 2 unspecified atom stereocenters. The summed E-state index contributed by atoms with van der Waals surface area (Å²) in [6.45, 7) is 7.09. The monoisotopic (exact) mass is 932 g/mol. The summed E-state index contributed by atoms with van der Waals surface area (Å²) >= 11 is 0. The van der Waals surface area contributed by atoms with E-state index in [-0.39, 0.29) is 11.5 Å². The number of aromatic nitrogens is 9. The number of aromatic carboxylic acids is 1. The smallest absolute Gasteiger partial charge is 0.335 e. The Morgan fingerprint density at radius 3 is 1.60 bits per heavy atom. The van der Waals surface area contributed by atoms with Crippen LogP contribution in [0.25, 0.3) is 33.8 Å². The molecule has 0 radical (unpaired) electrons. The van der Waals surface area contributed by atoms with Gasteiger partial charge in [-0.15, -0.1) is 0 Å². The van der Waals surface area contributed by atoms with E-state index in [2.05, 4.69) is 65.7 Å². The van der Waals surface area contributed by atoms with Crippen molar-refractivity contribution in [2.24, 2.45) is 0 Å². The van der Waals surface area contributed by atoms with Gasteiger partial charge in [0.05, 0.1) is 28.3 Å². The van der Waals surface area contributed by atoms with Crippen molar-refractivity contribution < 1.29 is 14.7 Å². The standard InChI is InChI=1S/C30H30N8O.C23H22N6O2/c1-21-4-3-18-37(21)28-6-2-5-27(35-28)34-26-20-25(36-38-19-17-32-29(26)38)23-7-9-24(10-8-23)30(39)33-16-13-22-11-14-31-15-12-22;1-15-4-3-12-28(15)21-6-2-5-20(26-21)25-19-14-18(27-29-13-11-24-22(19)29)16-7-9-17(10-8-16)23(30)31/h2,5-12,14-15,17,19-21H,3-4,13,16,18H2,1H3,(H,33,39)(H,34,35);2,5-11,13-15H,3-4,12H2,1H3,(H,25,26)(H,30,31). The number of carbonyl (C=O) groups excluding carboxylic acids is 1. The molecule has 2 fully saturated rings. The minimum absolute atomic E-state index is 0.103. The summed E-state index contributed by atoms with van der Waals surface area (Å²) in [5.41, 5.74) is 8.14.